The topological polar surface area (TPSA) is 103 Å². The maximum absolute atomic E-state index is 10.8. The van der Waals surface area contributed by atoms with E-state index in [-0.39, 0.29) is 18.1 Å². The second kappa shape index (κ2) is 5.43. The summed E-state index contributed by atoms with van der Waals surface area (Å²) in [7, 11) is 0. The third kappa shape index (κ3) is 2.94. The fraction of sp³-hybridized carbons (Fsp3) is 0.154. The number of hydrogen-bond acceptors (Lipinski definition) is 5. The number of rotatable bonds is 5. The lowest BCUT2D eigenvalue weighted by Gasteiger charge is -2.04. The molecule has 0 unspecified atom stereocenters. The molecule has 1 heterocycles. The number of nitro groups is 1. The van der Waals surface area contributed by atoms with Crippen molar-refractivity contribution in [1.29, 1.82) is 0 Å². The minimum absolute atomic E-state index is 0.0716. The van der Waals surface area contributed by atoms with E-state index in [0.29, 0.717) is 17.1 Å². The van der Waals surface area contributed by atoms with E-state index in [1.807, 2.05) is 0 Å². The highest BCUT2D eigenvalue weighted by Gasteiger charge is 2.14. The summed E-state index contributed by atoms with van der Waals surface area (Å²) >= 11 is 0. The molecule has 0 radical (unpaired) electrons. The number of nitrogens with zero attached hydrogens (tertiary/aromatic N) is 1. The van der Waals surface area contributed by atoms with Gasteiger partial charge in [-0.15, -0.1) is 0 Å². The lowest BCUT2D eigenvalue weighted by molar-refractivity contribution is -0.384. The van der Waals surface area contributed by atoms with Gasteiger partial charge in [0.05, 0.1) is 11.0 Å². The van der Waals surface area contributed by atoms with Gasteiger partial charge in [0.2, 0.25) is 5.76 Å². The van der Waals surface area contributed by atoms with Gasteiger partial charge in [0, 0.05) is 11.6 Å². The van der Waals surface area contributed by atoms with Gasteiger partial charge in [-0.2, -0.15) is 0 Å². The van der Waals surface area contributed by atoms with Crippen molar-refractivity contribution in [2.75, 3.05) is 0 Å². The summed E-state index contributed by atoms with van der Waals surface area (Å²) in [6.45, 7) is 1.70. The summed E-state index contributed by atoms with van der Waals surface area (Å²) in [5.74, 6) is -0.556. The lowest BCUT2D eigenvalue weighted by Crippen LogP contribution is -1.97. The normalized spacial score (nSPS) is 10.2. The fourth-order valence-corrected chi connectivity index (χ4v) is 1.62. The Hall–Kier alpha value is -2.83. The molecule has 1 aromatic carbocycles. The van der Waals surface area contributed by atoms with Crippen LogP contribution in [0.15, 0.2) is 34.7 Å². The highest BCUT2D eigenvalue weighted by Crippen LogP contribution is 2.22. The smallest absolute Gasteiger partial charge is 0.371 e. The highest BCUT2D eigenvalue weighted by molar-refractivity contribution is 5.84. The third-order valence-electron chi connectivity index (χ3n) is 2.65. The van der Waals surface area contributed by atoms with Gasteiger partial charge in [-0.3, -0.25) is 10.1 Å². The van der Waals surface area contributed by atoms with E-state index in [9.17, 15) is 14.9 Å². The maximum atomic E-state index is 10.8. The fourth-order valence-electron chi connectivity index (χ4n) is 1.62. The van der Waals surface area contributed by atoms with Crippen LogP contribution < -0.4 is 4.74 Å². The van der Waals surface area contributed by atoms with Crippen LogP contribution in [0, 0.1) is 17.0 Å². The van der Waals surface area contributed by atoms with E-state index in [2.05, 4.69) is 0 Å². The van der Waals surface area contributed by atoms with Crippen molar-refractivity contribution in [2.45, 2.75) is 13.5 Å². The molecule has 0 aliphatic rings. The van der Waals surface area contributed by atoms with Crippen molar-refractivity contribution in [1.82, 2.24) is 0 Å². The monoisotopic (exact) mass is 277 g/mol. The minimum atomic E-state index is -1.16. The van der Waals surface area contributed by atoms with Crippen molar-refractivity contribution in [3.05, 3.63) is 57.5 Å². The zero-order valence-electron chi connectivity index (χ0n) is 10.5. The Morgan fingerprint density at radius 2 is 2.20 bits per heavy atom. The summed E-state index contributed by atoms with van der Waals surface area (Å²) in [4.78, 5) is 20.9. The number of furan rings is 1. The van der Waals surface area contributed by atoms with Gasteiger partial charge in [-0.25, -0.2) is 4.79 Å². The molecule has 0 aliphatic carbocycles. The Morgan fingerprint density at radius 3 is 2.80 bits per heavy atom. The van der Waals surface area contributed by atoms with Crippen molar-refractivity contribution >= 4 is 11.7 Å². The van der Waals surface area contributed by atoms with E-state index in [0.717, 1.165) is 0 Å². The Bertz CT molecular complexity index is 661. The second-order valence-electron chi connectivity index (χ2n) is 4.04. The summed E-state index contributed by atoms with van der Waals surface area (Å²) in [6.07, 6.45) is 0. The number of aryl methyl sites for hydroxylation is 1. The minimum Gasteiger partial charge on any atom is -0.489 e. The number of carboxylic acids is 1. The van der Waals surface area contributed by atoms with Crippen LogP contribution in [-0.2, 0) is 6.61 Å². The van der Waals surface area contributed by atoms with Gasteiger partial charge in [-0.1, -0.05) is 6.07 Å². The molecule has 104 valence electrons. The Labute approximate surface area is 113 Å². The molecular weight excluding hydrogens is 266 g/mol. The summed E-state index contributed by atoms with van der Waals surface area (Å²) in [5, 5.41) is 19.4. The van der Waals surface area contributed by atoms with Gasteiger partial charge in [0.15, 0.2) is 0 Å². The zero-order chi connectivity index (χ0) is 14.7. The van der Waals surface area contributed by atoms with E-state index in [1.54, 1.807) is 13.0 Å². The Morgan fingerprint density at radius 1 is 1.45 bits per heavy atom. The van der Waals surface area contributed by atoms with Gasteiger partial charge in [0.25, 0.3) is 5.69 Å². The van der Waals surface area contributed by atoms with Crippen molar-refractivity contribution in [3.63, 3.8) is 0 Å². The third-order valence-corrected chi connectivity index (χ3v) is 2.65. The predicted molar refractivity (Wildman–Crippen MR) is 67.8 cm³/mol. The molecule has 0 saturated heterocycles. The molecule has 0 fully saturated rings. The van der Waals surface area contributed by atoms with Crippen LogP contribution in [-0.4, -0.2) is 16.0 Å². The molecule has 1 aromatic heterocycles. The molecule has 7 nitrogen and oxygen atoms in total. The average molecular weight is 277 g/mol. The van der Waals surface area contributed by atoms with Gasteiger partial charge < -0.3 is 14.3 Å². The molecule has 2 rings (SSSR count). The summed E-state index contributed by atoms with van der Waals surface area (Å²) in [6, 6.07) is 7.12. The number of ether oxygens (including phenoxy) is 1. The number of carbonyl (C=O) groups is 1. The van der Waals surface area contributed by atoms with E-state index in [1.165, 1.54) is 24.3 Å². The van der Waals surface area contributed by atoms with Crippen LogP contribution in [0.3, 0.4) is 0 Å². The molecule has 0 bridgehead atoms. The van der Waals surface area contributed by atoms with Crippen LogP contribution in [0.1, 0.15) is 21.9 Å². The van der Waals surface area contributed by atoms with Gasteiger partial charge >= 0.3 is 5.97 Å². The Kier molecular flexibility index (Phi) is 3.69. The predicted octanol–water partition coefficient (Wildman–Crippen LogP) is 2.77. The molecule has 0 amide bonds. The SMILES string of the molecule is Cc1oc(C(=O)O)cc1COc1cccc([N+](=O)[O-])c1. The summed E-state index contributed by atoms with van der Waals surface area (Å²) in [5.41, 5.74) is 0.506. The Balaban J connectivity index is 2.10. The molecule has 0 spiro atoms. The number of benzene rings is 1. The number of nitro benzene ring substituents is 1. The first-order valence-electron chi connectivity index (χ1n) is 5.67. The van der Waals surface area contributed by atoms with Crippen LogP contribution in [0.2, 0.25) is 0 Å². The van der Waals surface area contributed by atoms with Crippen molar-refractivity contribution in [2.24, 2.45) is 0 Å². The summed E-state index contributed by atoms with van der Waals surface area (Å²) < 4.78 is 10.4. The quantitative estimate of drug-likeness (QED) is 0.665. The highest BCUT2D eigenvalue weighted by atomic mass is 16.6. The van der Waals surface area contributed by atoms with E-state index >= 15 is 0 Å². The average Bonchev–Trinajstić information content (AvgIpc) is 2.78. The van der Waals surface area contributed by atoms with Crippen molar-refractivity contribution in [3.8, 4) is 5.75 Å². The standard InChI is InChI=1S/C13H11NO6/c1-8-9(5-12(20-8)13(15)16)7-19-11-4-2-3-10(6-11)14(17)18/h2-6H,7H2,1H3,(H,15,16). The molecule has 20 heavy (non-hydrogen) atoms. The largest absolute Gasteiger partial charge is 0.489 e. The van der Waals surface area contributed by atoms with Crippen LogP contribution in [0.25, 0.3) is 0 Å². The van der Waals surface area contributed by atoms with Gasteiger partial charge in [-0.05, 0) is 19.1 Å². The van der Waals surface area contributed by atoms with E-state index < -0.39 is 10.9 Å². The van der Waals surface area contributed by atoms with Crippen LogP contribution >= 0.6 is 0 Å². The number of aromatic carboxylic acids is 1. The van der Waals surface area contributed by atoms with Crippen LogP contribution in [0.5, 0.6) is 5.75 Å². The number of hydrogen-bond donors (Lipinski definition) is 1. The van der Waals surface area contributed by atoms with E-state index in [4.69, 9.17) is 14.3 Å². The number of non-ortho nitro benzene ring substituents is 1. The molecule has 0 saturated carbocycles. The lowest BCUT2D eigenvalue weighted by atomic mass is 10.2. The maximum Gasteiger partial charge on any atom is 0.371 e. The number of carboxylic acid groups (broad SMARTS) is 1. The molecule has 2 aromatic rings. The molecule has 1 N–H and O–H groups in total. The molecule has 7 heteroatoms. The van der Waals surface area contributed by atoms with Crippen molar-refractivity contribution < 1.29 is 24.0 Å². The first-order chi connectivity index (χ1) is 9.47. The second-order valence-corrected chi connectivity index (χ2v) is 4.04. The van der Waals surface area contributed by atoms with Gasteiger partial charge in [0.1, 0.15) is 18.1 Å². The zero-order valence-corrected chi connectivity index (χ0v) is 10.5. The first-order valence-corrected chi connectivity index (χ1v) is 5.67. The molecule has 0 atom stereocenters. The molecular formula is C13H11NO6. The molecule has 0 aliphatic heterocycles. The first kappa shape index (κ1) is 13.6. The van der Waals surface area contributed by atoms with Crippen LogP contribution in [0.4, 0.5) is 5.69 Å².